The van der Waals surface area contributed by atoms with Crippen molar-refractivity contribution in [3.05, 3.63) is 30.0 Å². The largest absolute Gasteiger partial charge is 0.495 e. The van der Waals surface area contributed by atoms with Crippen molar-refractivity contribution in [1.82, 2.24) is 10.3 Å². The molecule has 0 saturated carbocycles. The van der Waals surface area contributed by atoms with Crippen molar-refractivity contribution < 1.29 is 9.53 Å². The SMILES string of the molecule is COc1cccc2c(C(=O)C3CCNCC3)c[nH]c12. The van der Waals surface area contributed by atoms with Crippen LogP contribution in [0.2, 0.25) is 0 Å². The fourth-order valence-electron chi connectivity index (χ4n) is 2.80. The Labute approximate surface area is 112 Å². The predicted molar refractivity (Wildman–Crippen MR) is 74.8 cm³/mol. The molecule has 0 spiro atoms. The van der Waals surface area contributed by atoms with Crippen LogP contribution in [0.1, 0.15) is 23.2 Å². The minimum Gasteiger partial charge on any atom is -0.495 e. The molecule has 0 radical (unpaired) electrons. The predicted octanol–water partition coefficient (Wildman–Crippen LogP) is 2.36. The summed E-state index contributed by atoms with van der Waals surface area (Å²) in [6.45, 7) is 1.87. The Hall–Kier alpha value is -1.81. The number of piperidine rings is 1. The van der Waals surface area contributed by atoms with Gasteiger partial charge < -0.3 is 15.0 Å². The number of ether oxygens (including phenoxy) is 1. The molecule has 1 aromatic carbocycles. The third-order valence-electron chi connectivity index (χ3n) is 3.87. The molecule has 2 aromatic rings. The number of aromatic nitrogens is 1. The van der Waals surface area contributed by atoms with Crippen LogP contribution in [-0.2, 0) is 0 Å². The van der Waals surface area contributed by atoms with Crippen LogP contribution >= 0.6 is 0 Å². The van der Waals surface area contributed by atoms with Crippen molar-refractivity contribution in [1.29, 1.82) is 0 Å². The second kappa shape index (κ2) is 5.05. The van der Waals surface area contributed by atoms with Gasteiger partial charge in [-0.1, -0.05) is 12.1 Å². The van der Waals surface area contributed by atoms with Gasteiger partial charge in [0, 0.05) is 23.1 Å². The fraction of sp³-hybridized carbons (Fsp3) is 0.400. The third-order valence-corrected chi connectivity index (χ3v) is 3.87. The lowest BCUT2D eigenvalue weighted by Gasteiger charge is -2.21. The standard InChI is InChI=1S/C15H18N2O2/c1-19-13-4-2-3-11-12(9-17-14(11)13)15(18)10-5-7-16-8-6-10/h2-4,9-10,16-17H,5-8H2,1H3. The normalized spacial score (nSPS) is 16.7. The fourth-order valence-corrected chi connectivity index (χ4v) is 2.80. The van der Waals surface area contributed by atoms with E-state index in [2.05, 4.69) is 10.3 Å². The topological polar surface area (TPSA) is 54.1 Å². The van der Waals surface area contributed by atoms with Crippen LogP contribution in [0.4, 0.5) is 0 Å². The van der Waals surface area contributed by atoms with Crippen molar-refractivity contribution in [3.63, 3.8) is 0 Å². The molecule has 0 unspecified atom stereocenters. The number of fused-ring (bicyclic) bond motifs is 1. The summed E-state index contributed by atoms with van der Waals surface area (Å²) in [5.41, 5.74) is 1.70. The minimum absolute atomic E-state index is 0.145. The summed E-state index contributed by atoms with van der Waals surface area (Å²) in [6, 6.07) is 5.80. The Bertz CT molecular complexity index is 597. The van der Waals surface area contributed by atoms with Crippen LogP contribution in [0.25, 0.3) is 10.9 Å². The molecule has 3 rings (SSSR count). The number of benzene rings is 1. The summed E-state index contributed by atoms with van der Waals surface area (Å²) in [6.07, 6.45) is 3.67. The summed E-state index contributed by atoms with van der Waals surface area (Å²) in [5, 5.41) is 4.25. The summed E-state index contributed by atoms with van der Waals surface area (Å²) < 4.78 is 5.31. The summed E-state index contributed by atoms with van der Waals surface area (Å²) in [4.78, 5) is 15.8. The molecule has 2 heterocycles. The van der Waals surface area contributed by atoms with Crippen LogP contribution in [-0.4, -0.2) is 31.0 Å². The monoisotopic (exact) mass is 258 g/mol. The highest BCUT2D eigenvalue weighted by Gasteiger charge is 2.24. The zero-order valence-electron chi connectivity index (χ0n) is 11.0. The highest BCUT2D eigenvalue weighted by Crippen LogP contribution is 2.29. The number of carbonyl (C=O) groups is 1. The number of carbonyl (C=O) groups excluding carboxylic acids is 1. The first-order valence-electron chi connectivity index (χ1n) is 6.70. The molecule has 1 saturated heterocycles. The molecule has 19 heavy (non-hydrogen) atoms. The number of hydrogen-bond donors (Lipinski definition) is 2. The number of aromatic amines is 1. The van der Waals surface area contributed by atoms with E-state index in [0.29, 0.717) is 0 Å². The van der Waals surface area contributed by atoms with Gasteiger partial charge in [-0.15, -0.1) is 0 Å². The second-order valence-electron chi connectivity index (χ2n) is 4.97. The minimum atomic E-state index is 0.145. The quantitative estimate of drug-likeness (QED) is 0.831. The molecule has 0 bridgehead atoms. The first kappa shape index (κ1) is 12.2. The maximum Gasteiger partial charge on any atom is 0.168 e. The van der Waals surface area contributed by atoms with Gasteiger partial charge in [0.1, 0.15) is 5.75 Å². The summed E-state index contributed by atoms with van der Waals surface area (Å²) in [5.74, 6) is 1.18. The molecule has 100 valence electrons. The van der Waals surface area contributed by atoms with Gasteiger partial charge in [0.2, 0.25) is 0 Å². The number of para-hydroxylation sites is 1. The van der Waals surface area contributed by atoms with Crippen molar-refractivity contribution in [3.8, 4) is 5.75 Å². The highest BCUT2D eigenvalue weighted by molar-refractivity contribution is 6.10. The van der Waals surface area contributed by atoms with Crippen LogP contribution in [0, 0.1) is 5.92 Å². The molecule has 4 nitrogen and oxygen atoms in total. The van der Waals surface area contributed by atoms with Gasteiger partial charge in [0.15, 0.2) is 5.78 Å². The molecular weight excluding hydrogens is 240 g/mol. The van der Waals surface area contributed by atoms with Crippen LogP contribution < -0.4 is 10.1 Å². The van der Waals surface area contributed by atoms with Crippen LogP contribution in [0.5, 0.6) is 5.75 Å². The van der Waals surface area contributed by atoms with Crippen molar-refractivity contribution in [2.24, 2.45) is 5.92 Å². The number of methoxy groups -OCH3 is 1. The molecule has 2 N–H and O–H groups in total. The second-order valence-corrected chi connectivity index (χ2v) is 4.97. The average molecular weight is 258 g/mol. The number of Topliss-reactive ketones (excluding diaryl/α,β-unsaturated/α-hetero) is 1. The summed E-state index contributed by atoms with van der Waals surface area (Å²) in [7, 11) is 1.64. The molecule has 1 aliphatic rings. The molecule has 4 heteroatoms. The van der Waals surface area contributed by atoms with E-state index in [9.17, 15) is 4.79 Å². The molecular formula is C15H18N2O2. The smallest absolute Gasteiger partial charge is 0.168 e. The van der Waals surface area contributed by atoms with E-state index >= 15 is 0 Å². The van der Waals surface area contributed by atoms with E-state index in [1.165, 1.54) is 0 Å². The van der Waals surface area contributed by atoms with Crippen LogP contribution in [0.15, 0.2) is 24.4 Å². The average Bonchev–Trinajstić information content (AvgIpc) is 2.91. The van der Waals surface area contributed by atoms with Gasteiger partial charge in [-0.3, -0.25) is 4.79 Å². The molecule has 1 fully saturated rings. The Kier molecular flexibility index (Phi) is 3.25. The van der Waals surface area contributed by atoms with E-state index in [0.717, 1.165) is 48.1 Å². The molecule has 0 aliphatic carbocycles. The van der Waals surface area contributed by atoms with E-state index in [1.54, 1.807) is 7.11 Å². The van der Waals surface area contributed by atoms with E-state index < -0.39 is 0 Å². The van der Waals surface area contributed by atoms with Gasteiger partial charge >= 0.3 is 0 Å². The lowest BCUT2D eigenvalue weighted by molar-refractivity contribution is 0.0897. The summed E-state index contributed by atoms with van der Waals surface area (Å²) >= 11 is 0. The van der Waals surface area contributed by atoms with Gasteiger partial charge in [-0.2, -0.15) is 0 Å². The first-order valence-corrected chi connectivity index (χ1v) is 6.70. The number of nitrogens with one attached hydrogen (secondary N) is 2. The number of rotatable bonds is 3. The third kappa shape index (κ3) is 2.12. The Morgan fingerprint density at radius 1 is 1.32 bits per heavy atom. The lowest BCUT2D eigenvalue weighted by atomic mass is 9.89. The Morgan fingerprint density at radius 3 is 2.84 bits per heavy atom. The molecule has 0 amide bonds. The van der Waals surface area contributed by atoms with E-state index in [1.807, 2.05) is 24.4 Å². The van der Waals surface area contributed by atoms with E-state index in [4.69, 9.17) is 4.74 Å². The van der Waals surface area contributed by atoms with Crippen LogP contribution in [0.3, 0.4) is 0 Å². The van der Waals surface area contributed by atoms with Gasteiger partial charge in [0.05, 0.1) is 12.6 Å². The number of hydrogen-bond acceptors (Lipinski definition) is 3. The lowest BCUT2D eigenvalue weighted by Crippen LogP contribution is -2.31. The molecule has 0 atom stereocenters. The highest BCUT2D eigenvalue weighted by atomic mass is 16.5. The Morgan fingerprint density at radius 2 is 2.11 bits per heavy atom. The van der Waals surface area contributed by atoms with E-state index in [-0.39, 0.29) is 11.7 Å². The zero-order chi connectivity index (χ0) is 13.2. The zero-order valence-corrected chi connectivity index (χ0v) is 11.0. The molecule has 1 aliphatic heterocycles. The van der Waals surface area contributed by atoms with Crippen molar-refractivity contribution in [2.45, 2.75) is 12.8 Å². The first-order chi connectivity index (χ1) is 9.31. The maximum atomic E-state index is 12.6. The van der Waals surface area contributed by atoms with Gasteiger partial charge in [-0.05, 0) is 32.0 Å². The van der Waals surface area contributed by atoms with Gasteiger partial charge in [0.25, 0.3) is 0 Å². The number of ketones is 1. The van der Waals surface area contributed by atoms with Gasteiger partial charge in [-0.25, -0.2) is 0 Å². The Balaban J connectivity index is 1.98. The number of H-pyrrole nitrogens is 1. The van der Waals surface area contributed by atoms with Crippen molar-refractivity contribution >= 4 is 16.7 Å². The maximum absolute atomic E-state index is 12.6. The van der Waals surface area contributed by atoms with Crippen molar-refractivity contribution in [2.75, 3.05) is 20.2 Å². The molecule has 1 aromatic heterocycles.